The Morgan fingerprint density at radius 2 is 1.70 bits per heavy atom. The molecule has 77 heavy (non-hydrogen) atoms. The van der Waals surface area contributed by atoms with E-state index in [4.69, 9.17) is 10.5 Å². The molecule has 10 heteroatoms. The number of ether oxygens (including phenoxy) is 1. The fourth-order valence-corrected chi connectivity index (χ4v) is 17.2. The third kappa shape index (κ3) is 12.5. The van der Waals surface area contributed by atoms with Gasteiger partial charge in [0.15, 0.2) is 17.3 Å². The minimum absolute atomic E-state index is 0.0360. The topological polar surface area (TPSA) is 158 Å². The molecule has 6 aliphatic carbocycles. The van der Waals surface area contributed by atoms with Crippen molar-refractivity contribution in [3.8, 4) is 11.5 Å². The molecule has 0 amide bonds. The van der Waals surface area contributed by atoms with E-state index in [1.165, 1.54) is 81.6 Å². The number of ketones is 2. The summed E-state index contributed by atoms with van der Waals surface area (Å²) in [6, 6.07) is 23.9. The molecule has 3 aromatic carbocycles. The van der Waals surface area contributed by atoms with E-state index in [1.54, 1.807) is 24.3 Å². The minimum Gasteiger partial charge on any atom is -0.504 e. The van der Waals surface area contributed by atoms with E-state index in [1.807, 2.05) is 6.20 Å². The number of carbonyl (C=O) groups excluding carboxylic acids is 2. The number of rotatable bonds is 21. The van der Waals surface area contributed by atoms with E-state index in [0.29, 0.717) is 84.6 Å². The number of aliphatic hydroxyl groups is 1. The number of carbonyl (C=O) groups is 2. The van der Waals surface area contributed by atoms with Crippen LogP contribution in [-0.4, -0.2) is 79.4 Å². The average molecular weight is 1040 g/mol. The summed E-state index contributed by atoms with van der Waals surface area (Å²) in [6.07, 6.45) is 31.8. The van der Waals surface area contributed by atoms with Crippen LogP contribution in [0.2, 0.25) is 0 Å². The average Bonchev–Trinajstić information content (AvgIpc) is 3.71. The van der Waals surface area contributed by atoms with Gasteiger partial charge in [-0.25, -0.2) is 0 Å². The van der Waals surface area contributed by atoms with Crippen LogP contribution in [0.15, 0.2) is 108 Å². The number of nitrogens with one attached hydrogen (secondary N) is 4. The van der Waals surface area contributed by atoms with Crippen molar-refractivity contribution in [3.63, 3.8) is 0 Å². The van der Waals surface area contributed by atoms with Crippen LogP contribution in [0.3, 0.4) is 0 Å². The number of dihydropyridines is 1. The molecule has 12 rings (SSSR count). The van der Waals surface area contributed by atoms with Crippen molar-refractivity contribution >= 4 is 17.6 Å². The van der Waals surface area contributed by atoms with Crippen molar-refractivity contribution in [1.82, 2.24) is 21.3 Å². The molecule has 7 fully saturated rings. The second-order valence-electron chi connectivity index (χ2n) is 25.3. The monoisotopic (exact) mass is 1040 g/mol. The van der Waals surface area contributed by atoms with Gasteiger partial charge in [0.2, 0.25) is 0 Å². The Morgan fingerprint density at radius 3 is 2.53 bits per heavy atom. The lowest BCUT2D eigenvalue weighted by Gasteiger charge is -2.55. The largest absolute Gasteiger partial charge is 0.504 e. The molecule has 3 aromatic rings. The molecule has 412 valence electrons. The van der Waals surface area contributed by atoms with Crippen LogP contribution < -0.4 is 31.7 Å². The summed E-state index contributed by atoms with van der Waals surface area (Å²) < 4.78 is 5.58. The fraction of sp³-hybridized carbons (Fsp3) is 0.582. The summed E-state index contributed by atoms with van der Waals surface area (Å²) in [6.45, 7) is 3.88. The Morgan fingerprint density at radius 1 is 0.896 bits per heavy atom. The quantitative estimate of drug-likeness (QED) is 0.0311. The van der Waals surface area contributed by atoms with Crippen molar-refractivity contribution in [1.29, 1.82) is 0 Å². The number of nitrogens with two attached hydrogens (primary N) is 1. The Hall–Kier alpha value is -4.84. The third-order valence-electron chi connectivity index (χ3n) is 20.9. The van der Waals surface area contributed by atoms with Crippen LogP contribution in [0.25, 0.3) is 6.08 Å². The number of benzene rings is 3. The van der Waals surface area contributed by atoms with E-state index < -0.39 is 0 Å². The highest BCUT2D eigenvalue weighted by molar-refractivity contribution is 6.06. The lowest BCUT2D eigenvalue weighted by molar-refractivity contribution is -0.126. The molecule has 0 aromatic heterocycles. The number of allylic oxidation sites excluding steroid dienone is 3. The Balaban J connectivity index is 0.767. The molecule has 0 radical (unpaired) electrons. The molecule has 3 heterocycles. The highest BCUT2D eigenvalue weighted by Crippen LogP contribution is 2.67. The number of Topliss-reactive ketones (excluding diaryl/α,β-unsaturated/α-hetero) is 1. The smallest absolute Gasteiger partial charge is 0.163 e. The number of methoxy groups -OCH3 is 1. The summed E-state index contributed by atoms with van der Waals surface area (Å²) in [5, 5.41) is 37.8. The number of fused-ring (bicyclic) bond motifs is 4. The lowest BCUT2D eigenvalue weighted by Crippen LogP contribution is -2.58. The molecule has 9 aliphatic rings. The van der Waals surface area contributed by atoms with Crippen LogP contribution in [0.5, 0.6) is 11.5 Å². The molecular formula is C67H89N5O5. The molecule has 1 saturated heterocycles. The van der Waals surface area contributed by atoms with Crippen molar-refractivity contribution in [2.24, 2.45) is 64.4 Å². The van der Waals surface area contributed by atoms with Crippen LogP contribution in [0, 0.1) is 58.7 Å². The molecule has 13 unspecified atom stereocenters. The highest BCUT2D eigenvalue weighted by atomic mass is 16.5. The van der Waals surface area contributed by atoms with Gasteiger partial charge >= 0.3 is 0 Å². The molecule has 4 bridgehead atoms. The predicted molar refractivity (Wildman–Crippen MR) is 308 cm³/mol. The molecule has 10 nitrogen and oxygen atoms in total. The predicted octanol–water partition coefficient (Wildman–Crippen LogP) is 10.1. The zero-order valence-electron chi connectivity index (χ0n) is 46.0. The maximum Gasteiger partial charge on any atom is 0.163 e. The number of aliphatic hydroxyl groups excluding tert-OH is 1. The van der Waals surface area contributed by atoms with E-state index in [2.05, 4.69) is 94.1 Å². The fourth-order valence-electron chi connectivity index (χ4n) is 17.2. The number of hydrogen-bond donors (Lipinski definition) is 7. The van der Waals surface area contributed by atoms with Crippen LogP contribution >= 0.6 is 0 Å². The van der Waals surface area contributed by atoms with Gasteiger partial charge < -0.3 is 42.0 Å². The number of hydrogen-bond acceptors (Lipinski definition) is 10. The molecule has 6 saturated carbocycles. The second-order valence-corrected chi connectivity index (χ2v) is 25.3. The first-order valence-electron chi connectivity index (χ1n) is 30.3. The molecular weight excluding hydrogens is 955 g/mol. The van der Waals surface area contributed by atoms with E-state index in [-0.39, 0.29) is 47.3 Å². The Bertz CT molecular complexity index is 2660. The van der Waals surface area contributed by atoms with Gasteiger partial charge in [0, 0.05) is 37.8 Å². The minimum atomic E-state index is -0.304. The molecule has 3 aliphatic heterocycles. The van der Waals surface area contributed by atoms with Gasteiger partial charge in [-0.2, -0.15) is 0 Å². The standard InChI is InChI=1S/C67H89N5O5/c1-77-64-34-48(51(33-62(64)75)30-53-41-72-65(68)35-49(53)20-19-45-13-8-12-44(28-45)18-17-43-10-4-2-5-11-43)21-23-56(73)37-57(74)32-52-38-67(39-59-58-25-27-69-40-54(58)29-50-16-9-26-70-66(50)59)55-31-47(52)22-24-60(67)61(36-55)71-42-63(76)46-14-6-3-7-15-46/h2,4-5,8-13,16,21,23,28,33-35,41,46-47,50,52,54-55,58-61,63,65-66,69-72,75-76H,3,6-7,14-15,17-20,22,24-27,29-32,36-40,42,68H2,1H3. The maximum absolute atomic E-state index is 14.4. The SMILES string of the molecule is COc1cc(C=CC(=O)CC(=O)CC2CC3(CC4C5CCNCC5CC5C=CCNC54)C4CC2CCC3C(NCC(O)C2CCCCC2)C4)c(CC2=CNC(N)C=C2CCc2cccc(CCc3ccccc3)c2)cc1O. The molecule has 0 spiro atoms. The van der Waals surface area contributed by atoms with Crippen LogP contribution in [-0.2, 0) is 35.3 Å². The van der Waals surface area contributed by atoms with E-state index >= 15 is 0 Å². The number of aryl methyl sites for hydroxylation is 3. The van der Waals surface area contributed by atoms with Crippen LogP contribution in [0.4, 0.5) is 0 Å². The van der Waals surface area contributed by atoms with Gasteiger partial charge in [0.1, 0.15) is 5.78 Å². The number of phenolic OH excluding ortho intramolecular Hbond substituents is 1. The van der Waals surface area contributed by atoms with E-state index in [9.17, 15) is 19.8 Å². The Kier molecular flexibility index (Phi) is 17.3. The summed E-state index contributed by atoms with van der Waals surface area (Å²) >= 11 is 0. The maximum atomic E-state index is 14.4. The van der Waals surface area contributed by atoms with Gasteiger partial charge in [-0.3, -0.25) is 9.59 Å². The van der Waals surface area contributed by atoms with Crippen molar-refractivity contribution in [3.05, 3.63) is 136 Å². The van der Waals surface area contributed by atoms with Crippen molar-refractivity contribution in [2.75, 3.05) is 33.3 Å². The van der Waals surface area contributed by atoms with Gasteiger partial charge in [0.25, 0.3) is 0 Å². The first-order chi connectivity index (χ1) is 37.6. The van der Waals surface area contributed by atoms with Gasteiger partial charge in [-0.15, -0.1) is 0 Å². The molecule has 13 atom stereocenters. The molecule has 8 N–H and O–H groups in total. The third-order valence-corrected chi connectivity index (χ3v) is 20.9. The number of phenols is 1. The second kappa shape index (κ2) is 24.7. The van der Waals surface area contributed by atoms with Crippen molar-refractivity contribution < 1.29 is 24.5 Å². The summed E-state index contributed by atoms with van der Waals surface area (Å²) in [7, 11) is 1.54. The first-order valence-corrected chi connectivity index (χ1v) is 30.3. The zero-order chi connectivity index (χ0) is 52.9. The van der Waals surface area contributed by atoms with Gasteiger partial charge in [-0.1, -0.05) is 92.1 Å². The normalized spacial score (nSPS) is 32.1. The number of aromatic hydroxyl groups is 1. The zero-order valence-corrected chi connectivity index (χ0v) is 46.0. The summed E-state index contributed by atoms with van der Waals surface area (Å²) in [5.74, 6) is 5.16. The van der Waals surface area contributed by atoms with E-state index in [0.717, 1.165) is 93.3 Å². The van der Waals surface area contributed by atoms with Gasteiger partial charge in [-0.05, 0) is 231 Å². The Labute approximate surface area is 459 Å². The van der Waals surface area contributed by atoms with Crippen molar-refractivity contribution in [2.45, 2.75) is 153 Å². The first kappa shape index (κ1) is 54.1. The van der Waals surface area contributed by atoms with Crippen LogP contribution in [0.1, 0.15) is 131 Å². The van der Waals surface area contributed by atoms with Gasteiger partial charge in [0.05, 0.1) is 25.8 Å². The number of piperidine rings is 1. The summed E-state index contributed by atoms with van der Waals surface area (Å²) in [4.78, 5) is 28.3. The highest BCUT2D eigenvalue weighted by Gasteiger charge is 2.62. The summed E-state index contributed by atoms with van der Waals surface area (Å²) in [5.41, 5.74) is 14.4. The lowest BCUT2D eigenvalue weighted by atomic mass is 9.52.